The fraction of sp³-hybridized carbons (Fsp3) is 0.622. The van der Waals surface area contributed by atoms with Gasteiger partial charge in [-0.1, -0.05) is 36.7 Å². The molecule has 2 amide bonds. The first kappa shape index (κ1) is 44.1. The van der Waals surface area contributed by atoms with Crippen molar-refractivity contribution in [3.8, 4) is 5.88 Å². The fourth-order valence-electron chi connectivity index (χ4n) is 10.3. The first-order valence-electron chi connectivity index (χ1n) is 21.8. The highest BCUT2D eigenvalue weighted by molar-refractivity contribution is 7.92. The number of hydrogen-bond donors (Lipinski definition) is 1. The SMILES string of the molecule is COc1nn(C)cc1C(=O)NS1(=O)=NC(=O)C2=CC=C3OC[C@]4(CCCc5cc(Cl)ccc54)CN(C[C@@H]4CC[C@H]4[C@@H](OC)/C=C/[C@H](OCCN4CCN(C)CC4)[C@H](C)C1)C3C2. The third kappa shape index (κ3) is 9.68. The van der Waals surface area contributed by atoms with Crippen LogP contribution in [-0.2, 0) is 47.8 Å². The number of methoxy groups -OCH3 is 2. The molecular weight excluding hydrogens is 818 g/mol. The van der Waals surface area contributed by atoms with Crippen LogP contribution >= 0.6 is 11.6 Å². The zero-order chi connectivity index (χ0) is 42.9. The lowest BCUT2D eigenvalue weighted by Crippen LogP contribution is -2.51. The van der Waals surface area contributed by atoms with Crippen LogP contribution in [0.2, 0.25) is 5.02 Å². The molecule has 3 aliphatic heterocycles. The molecule has 14 nitrogen and oxygen atoms in total. The molecule has 2 bridgehead atoms. The van der Waals surface area contributed by atoms with E-state index in [0.717, 1.165) is 88.7 Å². The largest absolute Gasteiger partial charge is 0.495 e. The molecule has 1 aromatic carbocycles. The number of benzene rings is 1. The van der Waals surface area contributed by atoms with E-state index in [9.17, 15) is 9.59 Å². The highest BCUT2D eigenvalue weighted by Gasteiger charge is 2.47. The van der Waals surface area contributed by atoms with Crippen LogP contribution in [0, 0.1) is 17.8 Å². The summed E-state index contributed by atoms with van der Waals surface area (Å²) in [6.07, 6.45) is 14.0. The van der Waals surface area contributed by atoms with Gasteiger partial charge >= 0.3 is 0 Å². The van der Waals surface area contributed by atoms with E-state index in [0.29, 0.717) is 31.1 Å². The molecule has 8 rings (SSSR count). The van der Waals surface area contributed by atoms with E-state index in [1.807, 2.05) is 25.1 Å². The number of nitrogens with one attached hydrogen (secondary N) is 1. The second-order valence-electron chi connectivity index (χ2n) is 18.0. The topological polar surface area (TPSA) is 140 Å². The fourth-order valence-corrected chi connectivity index (χ4v) is 12.4. The number of aryl methyl sites for hydroxylation is 2. The number of amides is 2. The molecule has 16 heteroatoms. The Kier molecular flexibility index (Phi) is 13.5. The van der Waals surface area contributed by atoms with Gasteiger partial charge in [0.25, 0.3) is 11.8 Å². The molecule has 1 N–H and O–H groups in total. The van der Waals surface area contributed by atoms with Crippen LogP contribution in [0.15, 0.2) is 64.4 Å². The van der Waals surface area contributed by atoms with Gasteiger partial charge in [0.15, 0.2) is 0 Å². The Morgan fingerprint density at radius 3 is 2.66 bits per heavy atom. The summed E-state index contributed by atoms with van der Waals surface area (Å²) in [4.78, 5) is 35.6. The van der Waals surface area contributed by atoms with Crippen LogP contribution in [0.1, 0.15) is 60.5 Å². The molecule has 6 aliphatic rings. The van der Waals surface area contributed by atoms with E-state index in [-0.39, 0.29) is 40.7 Å². The third-order valence-electron chi connectivity index (χ3n) is 13.9. The first-order chi connectivity index (χ1) is 29.4. The average molecular weight is 881 g/mol. The van der Waals surface area contributed by atoms with Crippen molar-refractivity contribution in [3.63, 3.8) is 0 Å². The van der Waals surface area contributed by atoms with E-state index in [1.54, 1.807) is 20.2 Å². The van der Waals surface area contributed by atoms with Crippen LogP contribution in [0.4, 0.5) is 0 Å². The van der Waals surface area contributed by atoms with Gasteiger partial charge in [-0.25, -0.2) is 4.21 Å². The second-order valence-corrected chi connectivity index (χ2v) is 20.5. The van der Waals surface area contributed by atoms with Gasteiger partial charge in [0.1, 0.15) is 21.2 Å². The second kappa shape index (κ2) is 18.6. The number of hydrogen-bond acceptors (Lipinski definition) is 11. The predicted octanol–water partition coefficient (Wildman–Crippen LogP) is 4.79. The number of fused-ring (bicyclic) bond motifs is 4. The zero-order valence-corrected chi connectivity index (χ0v) is 37.8. The number of halogens is 1. The van der Waals surface area contributed by atoms with E-state index < -0.39 is 33.8 Å². The summed E-state index contributed by atoms with van der Waals surface area (Å²) in [7, 11) is 3.24. The van der Waals surface area contributed by atoms with Crippen molar-refractivity contribution in [1.29, 1.82) is 0 Å². The zero-order valence-electron chi connectivity index (χ0n) is 36.2. The van der Waals surface area contributed by atoms with Crippen molar-refractivity contribution in [2.45, 2.75) is 69.1 Å². The summed E-state index contributed by atoms with van der Waals surface area (Å²) >= 11 is 6.52. The lowest BCUT2D eigenvalue weighted by molar-refractivity contribution is -0.114. The number of carbonyl (C=O) groups excluding carboxylic acids is 2. The van der Waals surface area contributed by atoms with E-state index >= 15 is 4.21 Å². The minimum Gasteiger partial charge on any atom is -0.495 e. The highest BCUT2D eigenvalue weighted by atomic mass is 35.5. The lowest BCUT2D eigenvalue weighted by Gasteiger charge is -2.46. The molecule has 3 aliphatic carbocycles. The van der Waals surface area contributed by atoms with Gasteiger partial charge in [-0.15, -0.1) is 9.46 Å². The van der Waals surface area contributed by atoms with Crippen LogP contribution in [0.25, 0.3) is 0 Å². The molecule has 8 atom stereocenters. The standard InChI is InChI=1S/C45H62ClN7O7S/c1-30-27-61(56,49-43(55)36-26-51(3)47-44(36)58-5)48-42(54)32-9-13-41-38(24-32)53(28-45(29-60-41)16-6-7-31-23-34(46)10-12-37(31)45)25-33-8-11-35(33)40(57-4)15-14-39(30)59-22-21-52-19-17-50(2)18-20-52/h9-10,12-15,23,26,30,33,35,38-40H,6-8,11,16-22,24-25,27-29H2,1-5H3,(H,48,49,54,55,56)/b15-14+/t30-,33+,35-,38?,39+,40+,45+,61?/m1/s1. The normalized spacial score (nSPS) is 33.1. The first-order valence-corrected chi connectivity index (χ1v) is 23.9. The molecule has 2 aromatic rings. The van der Waals surface area contributed by atoms with Crippen molar-refractivity contribution in [3.05, 3.63) is 81.7 Å². The van der Waals surface area contributed by atoms with Gasteiger partial charge in [-0.05, 0) is 86.4 Å². The molecule has 2 unspecified atom stereocenters. The van der Waals surface area contributed by atoms with E-state index in [2.05, 4.69) is 54.1 Å². The number of aromatic nitrogens is 2. The van der Waals surface area contributed by atoms with Gasteiger partial charge in [0.05, 0.1) is 44.3 Å². The summed E-state index contributed by atoms with van der Waals surface area (Å²) in [5.41, 5.74) is 2.79. The molecule has 2 saturated heterocycles. The molecule has 0 radical (unpaired) electrons. The molecular formula is C45H62ClN7O7S. The summed E-state index contributed by atoms with van der Waals surface area (Å²) < 4.78 is 48.8. The molecule has 1 saturated carbocycles. The molecule has 61 heavy (non-hydrogen) atoms. The van der Waals surface area contributed by atoms with Crippen LogP contribution in [0.3, 0.4) is 0 Å². The summed E-state index contributed by atoms with van der Waals surface area (Å²) in [6.45, 7) is 9.13. The van der Waals surface area contributed by atoms with Gasteiger partial charge < -0.3 is 23.8 Å². The molecule has 4 heterocycles. The average Bonchev–Trinajstić information content (AvgIpc) is 3.55. The third-order valence-corrected chi connectivity index (χ3v) is 16.1. The Bertz CT molecular complexity index is 2180. The Balaban J connectivity index is 1.15. The van der Waals surface area contributed by atoms with Crippen molar-refractivity contribution in [1.82, 2.24) is 29.2 Å². The number of piperazine rings is 1. The van der Waals surface area contributed by atoms with Crippen LogP contribution in [-0.4, -0.2) is 145 Å². The van der Waals surface area contributed by atoms with Crippen LogP contribution < -0.4 is 9.46 Å². The Hall–Kier alpha value is -3.57. The number of rotatable bonds is 8. The number of ether oxygens (including phenoxy) is 4. The van der Waals surface area contributed by atoms with Gasteiger partial charge in [0.2, 0.25) is 5.88 Å². The monoisotopic (exact) mass is 879 g/mol. The summed E-state index contributed by atoms with van der Waals surface area (Å²) in [5, 5.41) is 4.96. The van der Waals surface area contributed by atoms with Gasteiger partial charge in [-0.2, -0.15) is 0 Å². The lowest BCUT2D eigenvalue weighted by atomic mass is 9.68. The number of allylic oxidation sites excluding steroid dienone is 2. The maximum Gasteiger partial charge on any atom is 0.282 e. The van der Waals surface area contributed by atoms with Crippen molar-refractivity contribution < 1.29 is 32.7 Å². The van der Waals surface area contributed by atoms with Crippen molar-refractivity contribution in [2.75, 3.05) is 86.0 Å². The minimum absolute atomic E-state index is 0.0751. The molecule has 332 valence electrons. The van der Waals surface area contributed by atoms with E-state index in [4.69, 9.17) is 30.5 Å². The minimum atomic E-state index is -3.74. The molecule has 1 spiro atoms. The highest BCUT2D eigenvalue weighted by Crippen LogP contribution is 2.46. The smallest absolute Gasteiger partial charge is 0.282 e. The Labute approximate surface area is 365 Å². The summed E-state index contributed by atoms with van der Waals surface area (Å²) in [5.74, 6) is -0.368. The van der Waals surface area contributed by atoms with Crippen molar-refractivity contribution in [2.24, 2.45) is 29.2 Å². The quantitative estimate of drug-likeness (QED) is 0.367. The Morgan fingerprint density at radius 1 is 1.10 bits per heavy atom. The van der Waals surface area contributed by atoms with Crippen LogP contribution in [0.5, 0.6) is 5.88 Å². The maximum absolute atomic E-state index is 15.2. The predicted molar refractivity (Wildman–Crippen MR) is 235 cm³/mol. The number of likely N-dealkylation sites (N-methyl/N-ethyl adjacent to an activating group) is 1. The number of carbonyl (C=O) groups is 2. The molecule has 3 fully saturated rings. The Morgan fingerprint density at radius 2 is 1.90 bits per heavy atom. The van der Waals surface area contributed by atoms with Gasteiger partial charge in [-0.3, -0.25) is 28.8 Å². The maximum atomic E-state index is 15.2. The summed E-state index contributed by atoms with van der Waals surface area (Å²) in [6, 6.07) is 6.04. The van der Waals surface area contributed by atoms with Gasteiger partial charge in [0, 0.05) is 94.5 Å². The number of nitrogens with zero attached hydrogens (tertiary/aromatic N) is 6. The van der Waals surface area contributed by atoms with E-state index in [1.165, 1.54) is 29.1 Å². The van der Waals surface area contributed by atoms with Crippen molar-refractivity contribution >= 4 is 33.3 Å². The molecule has 1 aromatic heterocycles.